The van der Waals surface area contributed by atoms with Crippen molar-refractivity contribution >= 4 is 33.1 Å². The van der Waals surface area contributed by atoms with Crippen molar-refractivity contribution in [3.05, 3.63) is 22.2 Å². The molecule has 1 fully saturated rings. The Morgan fingerprint density at radius 3 is 2.87 bits per heavy atom. The van der Waals surface area contributed by atoms with Crippen LogP contribution in [0.3, 0.4) is 0 Å². The largest absolute Gasteiger partial charge is 0.397 e. The zero-order chi connectivity index (χ0) is 22.0. The first-order valence-electron chi connectivity index (χ1n) is 12.1. The Hall–Kier alpha value is -1.66. The number of fused-ring (bicyclic) bond motifs is 2. The van der Waals surface area contributed by atoms with Crippen LogP contribution in [0.2, 0.25) is 0 Å². The van der Waals surface area contributed by atoms with E-state index in [4.69, 9.17) is 10.7 Å². The number of likely N-dealkylation sites (N-methyl/N-ethyl adjacent to an activating group) is 1. The molecule has 0 aromatic carbocycles. The molecule has 31 heavy (non-hydrogen) atoms. The van der Waals surface area contributed by atoms with Crippen LogP contribution in [-0.4, -0.2) is 35.4 Å². The molecule has 1 saturated carbocycles. The fourth-order valence-corrected chi connectivity index (χ4v) is 6.49. The van der Waals surface area contributed by atoms with Crippen molar-refractivity contribution in [1.29, 1.82) is 0 Å². The molecule has 3 atom stereocenters. The van der Waals surface area contributed by atoms with E-state index in [9.17, 15) is 4.79 Å². The predicted molar refractivity (Wildman–Crippen MR) is 131 cm³/mol. The second-order valence-electron chi connectivity index (χ2n) is 9.90. The van der Waals surface area contributed by atoms with Crippen LogP contribution in [0.15, 0.2) is 6.07 Å². The van der Waals surface area contributed by atoms with Crippen LogP contribution >= 0.6 is 11.3 Å². The molecule has 0 radical (unpaired) electrons. The lowest BCUT2D eigenvalue weighted by atomic mass is 9.80. The lowest BCUT2D eigenvalue weighted by Gasteiger charge is -2.28. The Kier molecular flexibility index (Phi) is 7.17. The van der Waals surface area contributed by atoms with Crippen molar-refractivity contribution in [2.24, 2.45) is 11.8 Å². The van der Waals surface area contributed by atoms with Gasteiger partial charge in [0.1, 0.15) is 9.71 Å². The monoisotopic (exact) mass is 442 g/mol. The molecule has 1 amide bonds. The highest BCUT2D eigenvalue weighted by Gasteiger charge is 2.24. The fraction of sp³-hybridized carbons (Fsp3) is 0.680. The second kappa shape index (κ2) is 9.86. The minimum Gasteiger partial charge on any atom is -0.397 e. The van der Waals surface area contributed by atoms with Crippen LogP contribution in [0.1, 0.15) is 86.1 Å². The number of anilines is 1. The Morgan fingerprint density at radius 2 is 2.10 bits per heavy atom. The average molecular weight is 443 g/mol. The summed E-state index contributed by atoms with van der Waals surface area (Å²) in [6.07, 6.45) is 11.4. The maximum atomic E-state index is 13.1. The van der Waals surface area contributed by atoms with Crippen molar-refractivity contribution in [3.8, 4) is 0 Å². The maximum absolute atomic E-state index is 13.1. The summed E-state index contributed by atoms with van der Waals surface area (Å²) in [7, 11) is 2.13. The average Bonchev–Trinajstić information content (AvgIpc) is 3.04. The smallest absolute Gasteiger partial charge is 0.263 e. The summed E-state index contributed by atoms with van der Waals surface area (Å²) in [4.78, 5) is 21.8. The van der Waals surface area contributed by atoms with Crippen molar-refractivity contribution in [2.75, 3.05) is 19.3 Å². The number of nitrogens with zero attached hydrogens (tertiary/aromatic N) is 2. The van der Waals surface area contributed by atoms with Crippen LogP contribution in [0.25, 0.3) is 10.2 Å². The number of rotatable bonds is 5. The normalized spacial score (nSPS) is 23.7. The van der Waals surface area contributed by atoms with Gasteiger partial charge >= 0.3 is 0 Å². The van der Waals surface area contributed by atoms with Gasteiger partial charge in [0.2, 0.25) is 0 Å². The van der Waals surface area contributed by atoms with E-state index in [1.807, 2.05) is 0 Å². The Bertz CT molecular complexity index is 924. The molecule has 1 unspecified atom stereocenters. The van der Waals surface area contributed by atoms with E-state index >= 15 is 0 Å². The van der Waals surface area contributed by atoms with Gasteiger partial charge in [0.25, 0.3) is 5.91 Å². The molecular weight excluding hydrogens is 404 g/mol. The summed E-state index contributed by atoms with van der Waals surface area (Å²) in [5.41, 5.74) is 9.42. The summed E-state index contributed by atoms with van der Waals surface area (Å²) in [6.45, 7) is 6.39. The molecule has 6 heteroatoms. The first-order chi connectivity index (χ1) is 14.9. The van der Waals surface area contributed by atoms with E-state index in [1.165, 1.54) is 61.8 Å². The third-order valence-electron chi connectivity index (χ3n) is 7.30. The lowest BCUT2D eigenvalue weighted by molar-refractivity contribution is 0.0937. The van der Waals surface area contributed by atoms with E-state index < -0.39 is 0 Å². The number of thiophene rings is 1. The third-order valence-corrected chi connectivity index (χ3v) is 8.41. The molecule has 5 nitrogen and oxygen atoms in total. The molecule has 170 valence electrons. The topological polar surface area (TPSA) is 71.2 Å². The molecule has 0 bridgehead atoms. The molecule has 4 rings (SSSR count). The van der Waals surface area contributed by atoms with Gasteiger partial charge in [-0.05, 0) is 50.3 Å². The van der Waals surface area contributed by atoms with Crippen LogP contribution in [-0.2, 0) is 13.0 Å². The number of hydrogen-bond acceptors (Lipinski definition) is 5. The summed E-state index contributed by atoms with van der Waals surface area (Å²) < 4.78 is 0. The van der Waals surface area contributed by atoms with Gasteiger partial charge in [0, 0.05) is 36.6 Å². The molecule has 3 N–H and O–H groups in total. The van der Waals surface area contributed by atoms with Crippen molar-refractivity contribution in [3.63, 3.8) is 0 Å². The molecule has 2 aromatic rings. The summed E-state index contributed by atoms with van der Waals surface area (Å²) in [5, 5.41) is 4.18. The van der Waals surface area contributed by atoms with Crippen molar-refractivity contribution < 1.29 is 4.79 Å². The van der Waals surface area contributed by atoms with E-state index in [1.54, 1.807) is 0 Å². The number of hydrogen-bond donors (Lipinski definition) is 2. The SMILES string of the molecule is CC[C@@H]1CCCCCC(C[C@H](C)NC(=O)c2sc3nc4c(cc3c2N)CN(C)CC4)C1. The minimum atomic E-state index is -0.0408. The highest BCUT2D eigenvalue weighted by atomic mass is 32.1. The fourth-order valence-electron chi connectivity index (χ4n) is 5.49. The number of aromatic nitrogens is 1. The number of nitrogens with two attached hydrogens (primary N) is 1. The van der Waals surface area contributed by atoms with Gasteiger partial charge in [-0.1, -0.05) is 45.4 Å². The predicted octanol–water partition coefficient (Wildman–Crippen LogP) is 5.37. The van der Waals surface area contributed by atoms with Gasteiger partial charge in [-0.3, -0.25) is 4.79 Å². The van der Waals surface area contributed by atoms with Gasteiger partial charge in [-0.25, -0.2) is 4.98 Å². The molecule has 2 aromatic heterocycles. The van der Waals surface area contributed by atoms with Gasteiger partial charge in [-0.2, -0.15) is 0 Å². The van der Waals surface area contributed by atoms with Gasteiger partial charge in [-0.15, -0.1) is 11.3 Å². The van der Waals surface area contributed by atoms with Gasteiger partial charge in [0.05, 0.1) is 5.69 Å². The molecule has 1 aliphatic carbocycles. The standard InChI is InChI=1S/C25H38N4OS/c1-4-17-8-6-5-7-9-18(13-17)12-16(2)27-24(30)23-22(26)20-14-19-15-29(3)11-10-21(19)28-25(20)31-23/h14,16-18H,4-13,15,26H2,1-3H3,(H,27,30)/t16-,17+,18?/m0/s1. The van der Waals surface area contributed by atoms with E-state index in [2.05, 4.69) is 37.2 Å². The second-order valence-corrected chi connectivity index (χ2v) is 10.9. The van der Waals surface area contributed by atoms with E-state index in [0.29, 0.717) is 16.5 Å². The molecule has 1 aliphatic heterocycles. The Labute approximate surface area is 190 Å². The van der Waals surface area contributed by atoms with Crippen LogP contribution < -0.4 is 11.1 Å². The third kappa shape index (κ3) is 5.23. The van der Waals surface area contributed by atoms with E-state index in [0.717, 1.165) is 47.8 Å². The zero-order valence-corrected chi connectivity index (χ0v) is 20.2. The number of carbonyl (C=O) groups excluding carboxylic acids is 1. The minimum absolute atomic E-state index is 0.0408. The zero-order valence-electron chi connectivity index (χ0n) is 19.4. The van der Waals surface area contributed by atoms with Crippen molar-refractivity contribution in [2.45, 2.75) is 84.2 Å². The van der Waals surface area contributed by atoms with Crippen molar-refractivity contribution in [1.82, 2.24) is 15.2 Å². The number of amides is 1. The molecule has 3 heterocycles. The van der Waals surface area contributed by atoms with Crippen LogP contribution in [0.4, 0.5) is 5.69 Å². The lowest BCUT2D eigenvalue weighted by Crippen LogP contribution is -2.34. The quantitative estimate of drug-likeness (QED) is 0.653. The summed E-state index contributed by atoms with van der Waals surface area (Å²) in [5.74, 6) is 1.52. The number of nitrogen functional groups attached to an aromatic ring is 1. The first kappa shape index (κ1) is 22.5. The number of pyridine rings is 1. The highest BCUT2D eigenvalue weighted by molar-refractivity contribution is 7.21. The van der Waals surface area contributed by atoms with Crippen LogP contribution in [0, 0.1) is 11.8 Å². The summed E-state index contributed by atoms with van der Waals surface area (Å²) in [6, 6.07) is 2.31. The highest BCUT2D eigenvalue weighted by Crippen LogP contribution is 2.35. The molecular formula is C25H38N4OS. The van der Waals surface area contributed by atoms with Gasteiger partial charge in [0.15, 0.2) is 0 Å². The number of carbonyl (C=O) groups is 1. The van der Waals surface area contributed by atoms with Crippen LogP contribution in [0.5, 0.6) is 0 Å². The Morgan fingerprint density at radius 1 is 1.32 bits per heavy atom. The van der Waals surface area contributed by atoms with Gasteiger partial charge < -0.3 is 16.0 Å². The summed E-state index contributed by atoms with van der Waals surface area (Å²) >= 11 is 1.44. The maximum Gasteiger partial charge on any atom is 0.263 e. The molecule has 0 saturated heterocycles. The Balaban J connectivity index is 1.44. The van der Waals surface area contributed by atoms with E-state index in [-0.39, 0.29) is 11.9 Å². The molecule has 0 spiro atoms. The first-order valence-corrected chi connectivity index (χ1v) is 13.0. The number of nitrogens with one attached hydrogen (secondary N) is 1. The molecule has 2 aliphatic rings.